The Morgan fingerprint density at radius 2 is 2.24 bits per heavy atom. The molecule has 0 bridgehead atoms. The number of hydrogen-bond acceptors (Lipinski definition) is 3. The van der Waals surface area contributed by atoms with Gasteiger partial charge in [0.1, 0.15) is 5.82 Å². The SMILES string of the molecule is CCCN1CCCC[C@H]1c1ccc(N)nc1C. The van der Waals surface area contributed by atoms with Crippen molar-refractivity contribution in [2.75, 3.05) is 18.8 Å². The second kappa shape index (κ2) is 5.50. The lowest BCUT2D eigenvalue weighted by atomic mass is 9.94. The molecule has 1 fully saturated rings. The molecule has 0 amide bonds. The number of aryl methyl sites for hydroxylation is 1. The highest BCUT2D eigenvalue weighted by Crippen LogP contribution is 2.32. The summed E-state index contributed by atoms with van der Waals surface area (Å²) in [5.74, 6) is 0.629. The summed E-state index contributed by atoms with van der Waals surface area (Å²) in [4.78, 5) is 7.00. The lowest BCUT2D eigenvalue weighted by Gasteiger charge is -2.36. The van der Waals surface area contributed by atoms with Gasteiger partial charge in [-0.15, -0.1) is 0 Å². The summed E-state index contributed by atoms with van der Waals surface area (Å²) in [6.45, 7) is 6.74. The molecule has 1 aliphatic rings. The molecule has 1 atom stereocenters. The van der Waals surface area contributed by atoms with Crippen molar-refractivity contribution in [2.45, 2.75) is 45.6 Å². The molecule has 1 aliphatic heterocycles. The van der Waals surface area contributed by atoms with Gasteiger partial charge in [0.15, 0.2) is 0 Å². The molecule has 17 heavy (non-hydrogen) atoms. The lowest BCUT2D eigenvalue weighted by molar-refractivity contribution is 0.148. The largest absolute Gasteiger partial charge is 0.384 e. The van der Waals surface area contributed by atoms with E-state index in [1.807, 2.05) is 6.07 Å². The number of pyridine rings is 1. The molecule has 2 rings (SSSR count). The van der Waals surface area contributed by atoms with Crippen LogP contribution in [0.1, 0.15) is 49.9 Å². The zero-order chi connectivity index (χ0) is 12.3. The fourth-order valence-corrected chi connectivity index (χ4v) is 2.84. The van der Waals surface area contributed by atoms with Crippen molar-refractivity contribution in [3.63, 3.8) is 0 Å². The van der Waals surface area contributed by atoms with Crippen LogP contribution < -0.4 is 5.73 Å². The smallest absolute Gasteiger partial charge is 0.123 e. The van der Waals surface area contributed by atoms with Crippen LogP contribution >= 0.6 is 0 Å². The molecular formula is C14H23N3. The van der Waals surface area contributed by atoms with Gasteiger partial charge in [-0.3, -0.25) is 4.90 Å². The van der Waals surface area contributed by atoms with E-state index in [-0.39, 0.29) is 0 Å². The normalized spacial score (nSPS) is 21.6. The molecule has 1 aromatic heterocycles. The summed E-state index contributed by atoms with van der Waals surface area (Å²) in [7, 11) is 0. The van der Waals surface area contributed by atoms with Crippen LogP contribution in [0, 0.1) is 6.92 Å². The van der Waals surface area contributed by atoms with Gasteiger partial charge in [0, 0.05) is 11.7 Å². The van der Waals surface area contributed by atoms with E-state index in [9.17, 15) is 0 Å². The molecule has 0 saturated carbocycles. The topological polar surface area (TPSA) is 42.1 Å². The molecule has 3 nitrogen and oxygen atoms in total. The fourth-order valence-electron chi connectivity index (χ4n) is 2.84. The molecule has 1 aromatic rings. The number of aromatic nitrogens is 1. The molecule has 0 unspecified atom stereocenters. The maximum Gasteiger partial charge on any atom is 0.123 e. The maximum atomic E-state index is 5.73. The number of likely N-dealkylation sites (tertiary alicyclic amines) is 1. The number of nitrogen functional groups attached to an aromatic ring is 1. The molecule has 3 heteroatoms. The minimum Gasteiger partial charge on any atom is -0.384 e. The van der Waals surface area contributed by atoms with Crippen molar-refractivity contribution < 1.29 is 0 Å². The van der Waals surface area contributed by atoms with Gasteiger partial charge in [0.25, 0.3) is 0 Å². The monoisotopic (exact) mass is 233 g/mol. The van der Waals surface area contributed by atoms with E-state index in [1.54, 1.807) is 0 Å². The summed E-state index contributed by atoms with van der Waals surface area (Å²) in [5, 5.41) is 0. The Bertz CT molecular complexity index is 374. The van der Waals surface area contributed by atoms with Gasteiger partial charge in [-0.2, -0.15) is 0 Å². The molecule has 0 aromatic carbocycles. The molecule has 2 heterocycles. The van der Waals surface area contributed by atoms with E-state index in [0.29, 0.717) is 11.9 Å². The quantitative estimate of drug-likeness (QED) is 0.873. The van der Waals surface area contributed by atoms with E-state index in [0.717, 1.165) is 5.69 Å². The van der Waals surface area contributed by atoms with Gasteiger partial charge >= 0.3 is 0 Å². The Morgan fingerprint density at radius 3 is 2.94 bits per heavy atom. The first-order chi connectivity index (χ1) is 8.22. The van der Waals surface area contributed by atoms with Crippen LogP contribution in [0.15, 0.2) is 12.1 Å². The molecule has 0 aliphatic carbocycles. The van der Waals surface area contributed by atoms with Crippen molar-refractivity contribution in [3.8, 4) is 0 Å². The van der Waals surface area contributed by atoms with Crippen LogP contribution in [0.4, 0.5) is 5.82 Å². The third kappa shape index (κ3) is 2.78. The van der Waals surface area contributed by atoms with Crippen molar-refractivity contribution in [2.24, 2.45) is 0 Å². The van der Waals surface area contributed by atoms with E-state index in [4.69, 9.17) is 5.73 Å². The van der Waals surface area contributed by atoms with Gasteiger partial charge in [0.05, 0.1) is 0 Å². The van der Waals surface area contributed by atoms with Crippen molar-refractivity contribution in [3.05, 3.63) is 23.4 Å². The van der Waals surface area contributed by atoms with Crippen molar-refractivity contribution in [1.82, 2.24) is 9.88 Å². The molecule has 2 N–H and O–H groups in total. The maximum absolute atomic E-state index is 5.73. The number of hydrogen-bond donors (Lipinski definition) is 1. The Labute approximate surface area is 104 Å². The number of anilines is 1. The summed E-state index contributed by atoms with van der Waals surface area (Å²) >= 11 is 0. The second-order valence-electron chi connectivity index (χ2n) is 4.96. The first-order valence-electron chi connectivity index (χ1n) is 6.69. The molecular weight excluding hydrogens is 210 g/mol. The van der Waals surface area contributed by atoms with E-state index < -0.39 is 0 Å². The van der Waals surface area contributed by atoms with Crippen LogP contribution in [-0.4, -0.2) is 23.0 Å². The van der Waals surface area contributed by atoms with Crippen LogP contribution in [0.25, 0.3) is 0 Å². The lowest BCUT2D eigenvalue weighted by Crippen LogP contribution is -2.34. The van der Waals surface area contributed by atoms with Crippen LogP contribution in [-0.2, 0) is 0 Å². The zero-order valence-corrected chi connectivity index (χ0v) is 10.9. The van der Waals surface area contributed by atoms with E-state index in [2.05, 4.69) is 29.8 Å². The molecule has 0 spiro atoms. The Hall–Kier alpha value is -1.09. The highest BCUT2D eigenvalue weighted by molar-refractivity contribution is 5.35. The number of piperidine rings is 1. The average Bonchev–Trinajstić information content (AvgIpc) is 2.31. The number of nitrogens with zero attached hydrogens (tertiary/aromatic N) is 2. The number of nitrogens with two attached hydrogens (primary N) is 1. The first kappa shape index (κ1) is 12.4. The minimum absolute atomic E-state index is 0.553. The average molecular weight is 233 g/mol. The van der Waals surface area contributed by atoms with Crippen LogP contribution in [0.5, 0.6) is 0 Å². The predicted molar refractivity (Wildman–Crippen MR) is 71.8 cm³/mol. The van der Waals surface area contributed by atoms with E-state index in [1.165, 1.54) is 44.3 Å². The molecule has 0 radical (unpaired) electrons. The summed E-state index contributed by atoms with van der Waals surface area (Å²) < 4.78 is 0. The Balaban J connectivity index is 2.23. The number of rotatable bonds is 3. The van der Waals surface area contributed by atoms with Crippen LogP contribution in [0.3, 0.4) is 0 Å². The summed E-state index contributed by atoms with van der Waals surface area (Å²) in [6, 6.07) is 4.65. The Morgan fingerprint density at radius 1 is 1.41 bits per heavy atom. The zero-order valence-electron chi connectivity index (χ0n) is 10.9. The van der Waals surface area contributed by atoms with Crippen LogP contribution in [0.2, 0.25) is 0 Å². The summed E-state index contributed by atoms with van der Waals surface area (Å²) in [6.07, 6.45) is 5.14. The first-order valence-corrected chi connectivity index (χ1v) is 6.69. The third-order valence-electron chi connectivity index (χ3n) is 3.63. The molecule has 1 saturated heterocycles. The molecule has 94 valence electrons. The van der Waals surface area contributed by atoms with Gasteiger partial charge < -0.3 is 5.73 Å². The third-order valence-corrected chi connectivity index (χ3v) is 3.63. The van der Waals surface area contributed by atoms with Gasteiger partial charge in [0.2, 0.25) is 0 Å². The fraction of sp³-hybridized carbons (Fsp3) is 0.643. The van der Waals surface area contributed by atoms with Gasteiger partial charge in [-0.1, -0.05) is 19.4 Å². The summed E-state index contributed by atoms with van der Waals surface area (Å²) in [5.41, 5.74) is 8.19. The van der Waals surface area contributed by atoms with Gasteiger partial charge in [-0.25, -0.2) is 4.98 Å². The Kier molecular flexibility index (Phi) is 4.00. The highest BCUT2D eigenvalue weighted by atomic mass is 15.2. The standard InChI is InChI=1S/C14H23N3/c1-3-9-17-10-5-4-6-13(17)12-7-8-14(15)16-11(12)2/h7-8,13H,3-6,9-10H2,1-2H3,(H2,15,16)/t13-/m0/s1. The minimum atomic E-state index is 0.553. The predicted octanol–water partition coefficient (Wildman–Crippen LogP) is 2.91. The van der Waals surface area contributed by atoms with Crippen molar-refractivity contribution in [1.29, 1.82) is 0 Å². The van der Waals surface area contributed by atoms with Gasteiger partial charge in [-0.05, 0) is 50.9 Å². The highest BCUT2D eigenvalue weighted by Gasteiger charge is 2.24. The van der Waals surface area contributed by atoms with Crippen molar-refractivity contribution >= 4 is 5.82 Å². The van der Waals surface area contributed by atoms with E-state index >= 15 is 0 Å². The second-order valence-corrected chi connectivity index (χ2v) is 4.96.